The van der Waals surface area contributed by atoms with E-state index in [0.717, 1.165) is 37.4 Å². The van der Waals surface area contributed by atoms with E-state index in [1.807, 2.05) is 4.90 Å². The Hall–Kier alpha value is -0.360. The van der Waals surface area contributed by atoms with Gasteiger partial charge in [-0.15, -0.1) is 0 Å². The van der Waals surface area contributed by atoms with Crippen LogP contribution in [0, 0.1) is 0 Å². The van der Waals surface area contributed by atoms with Crippen molar-refractivity contribution in [3.8, 4) is 0 Å². The number of amides is 2. The molecule has 0 unspecified atom stereocenters. The maximum Gasteiger partial charge on any atom is 0.223 e. The van der Waals surface area contributed by atoms with Crippen molar-refractivity contribution in [2.75, 3.05) is 24.6 Å². The lowest BCUT2D eigenvalue weighted by Crippen LogP contribution is -2.32. The molecule has 0 spiro atoms. The SMILES string of the molecule is CCCN(CCC)C(=O)CCSSCCC(N)=O. The van der Waals surface area contributed by atoms with Gasteiger partial charge in [-0.3, -0.25) is 9.59 Å². The van der Waals surface area contributed by atoms with Gasteiger partial charge in [0.25, 0.3) is 0 Å². The molecule has 0 aliphatic heterocycles. The first-order valence-corrected chi connectivity index (χ1v) is 8.91. The van der Waals surface area contributed by atoms with Gasteiger partial charge in [-0.1, -0.05) is 35.4 Å². The van der Waals surface area contributed by atoms with Crippen molar-refractivity contribution in [2.24, 2.45) is 5.73 Å². The molecule has 0 bridgehead atoms. The summed E-state index contributed by atoms with van der Waals surface area (Å²) < 4.78 is 0. The first-order chi connectivity index (χ1) is 8.61. The zero-order valence-electron chi connectivity index (χ0n) is 11.3. The number of rotatable bonds is 11. The summed E-state index contributed by atoms with van der Waals surface area (Å²) in [5, 5.41) is 0. The highest BCUT2D eigenvalue weighted by Crippen LogP contribution is 2.22. The molecule has 0 aromatic heterocycles. The smallest absolute Gasteiger partial charge is 0.223 e. The topological polar surface area (TPSA) is 63.4 Å². The Labute approximate surface area is 118 Å². The molecule has 0 saturated heterocycles. The molecule has 0 rings (SSSR count). The van der Waals surface area contributed by atoms with Gasteiger partial charge in [-0.25, -0.2) is 0 Å². The highest BCUT2D eigenvalue weighted by atomic mass is 33.1. The Morgan fingerprint density at radius 2 is 1.50 bits per heavy atom. The van der Waals surface area contributed by atoms with Gasteiger partial charge in [0, 0.05) is 37.4 Å². The number of hydrogen-bond donors (Lipinski definition) is 1. The third-order valence-electron chi connectivity index (χ3n) is 2.25. The number of primary amides is 1. The van der Waals surface area contributed by atoms with Gasteiger partial charge in [-0.05, 0) is 12.8 Å². The summed E-state index contributed by atoms with van der Waals surface area (Å²) in [4.78, 5) is 24.3. The average Bonchev–Trinajstić information content (AvgIpc) is 2.32. The van der Waals surface area contributed by atoms with Crippen LogP contribution in [-0.2, 0) is 9.59 Å². The molecule has 0 radical (unpaired) electrons. The quantitative estimate of drug-likeness (QED) is 0.469. The lowest BCUT2D eigenvalue weighted by atomic mass is 10.3. The van der Waals surface area contributed by atoms with Crippen LogP contribution in [0.2, 0.25) is 0 Å². The van der Waals surface area contributed by atoms with E-state index in [9.17, 15) is 9.59 Å². The van der Waals surface area contributed by atoms with Gasteiger partial charge < -0.3 is 10.6 Å². The predicted molar refractivity (Wildman–Crippen MR) is 80.5 cm³/mol. The first-order valence-electron chi connectivity index (χ1n) is 6.42. The van der Waals surface area contributed by atoms with Gasteiger partial charge in [0.2, 0.25) is 11.8 Å². The van der Waals surface area contributed by atoms with Crippen molar-refractivity contribution in [1.82, 2.24) is 4.90 Å². The van der Waals surface area contributed by atoms with Crippen molar-refractivity contribution >= 4 is 33.4 Å². The van der Waals surface area contributed by atoms with E-state index in [0.29, 0.717) is 12.8 Å². The standard InChI is InChI=1S/C12H24N2O2S2/c1-3-7-14(8-4-2)12(16)6-10-18-17-9-5-11(13)15/h3-10H2,1-2H3,(H2,13,15). The van der Waals surface area contributed by atoms with Crippen molar-refractivity contribution in [3.05, 3.63) is 0 Å². The molecule has 6 heteroatoms. The first kappa shape index (κ1) is 17.6. The van der Waals surface area contributed by atoms with Crippen LogP contribution in [0.25, 0.3) is 0 Å². The maximum atomic E-state index is 11.9. The zero-order chi connectivity index (χ0) is 13.8. The van der Waals surface area contributed by atoms with E-state index in [4.69, 9.17) is 5.73 Å². The average molecular weight is 292 g/mol. The molecule has 0 aromatic carbocycles. The summed E-state index contributed by atoms with van der Waals surface area (Å²) in [5.74, 6) is 1.49. The van der Waals surface area contributed by atoms with Crippen LogP contribution < -0.4 is 5.73 Å². The van der Waals surface area contributed by atoms with Crippen molar-refractivity contribution in [3.63, 3.8) is 0 Å². The minimum Gasteiger partial charge on any atom is -0.370 e. The highest BCUT2D eigenvalue weighted by molar-refractivity contribution is 8.76. The number of carbonyl (C=O) groups is 2. The summed E-state index contributed by atoms with van der Waals surface area (Å²) in [6.07, 6.45) is 3.00. The fraction of sp³-hybridized carbons (Fsp3) is 0.833. The molecule has 0 atom stereocenters. The second-order valence-electron chi connectivity index (χ2n) is 3.99. The lowest BCUT2D eigenvalue weighted by molar-refractivity contribution is -0.130. The van der Waals surface area contributed by atoms with Crippen LogP contribution in [0.15, 0.2) is 0 Å². The fourth-order valence-corrected chi connectivity index (χ4v) is 3.43. The molecule has 0 heterocycles. The van der Waals surface area contributed by atoms with E-state index in [2.05, 4.69) is 13.8 Å². The Bertz CT molecular complexity index is 244. The van der Waals surface area contributed by atoms with Gasteiger partial charge in [0.15, 0.2) is 0 Å². The molecule has 2 amide bonds. The molecule has 0 aromatic rings. The fourth-order valence-electron chi connectivity index (χ4n) is 1.45. The number of nitrogens with two attached hydrogens (primary N) is 1. The second-order valence-corrected chi connectivity index (χ2v) is 6.69. The van der Waals surface area contributed by atoms with Crippen molar-refractivity contribution in [1.29, 1.82) is 0 Å². The second kappa shape index (κ2) is 11.7. The molecule has 0 fully saturated rings. The van der Waals surface area contributed by atoms with Crippen LogP contribution in [-0.4, -0.2) is 41.3 Å². The van der Waals surface area contributed by atoms with E-state index in [1.54, 1.807) is 21.6 Å². The molecule has 2 N–H and O–H groups in total. The van der Waals surface area contributed by atoms with Gasteiger partial charge in [0.1, 0.15) is 0 Å². The summed E-state index contributed by atoms with van der Waals surface area (Å²) in [5.41, 5.74) is 5.04. The van der Waals surface area contributed by atoms with Crippen LogP contribution in [0.5, 0.6) is 0 Å². The third-order valence-corrected chi connectivity index (χ3v) is 4.66. The summed E-state index contributed by atoms with van der Waals surface area (Å²) in [7, 11) is 3.25. The van der Waals surface area contributed by atoms with Crippen LogP contribution in [0.4, 0.5) is 0 Å². The molecule has 4 nitrogen and oxygen atoms in total. The van der Waals surface area contributed by atoms with Crippen molar-refractivity contribution in [2.45, 2.75) is 39.5 Å². The Morgan fingerprint density at radius 1 is 1.00 bits per heavy atom. The molecular formula is C12H24N2O2S2. The summed E-state index contributed by atoms with van der Waals surface area (Å²) in [6.45, 7) is 5.88. The van der Waals surface area contributed by atoms with Gasteiger partial charge >= 0.3 is 0 Å². The zero-order valence-corrected chi connectivity index (χ0v) is 12.9. The van der Waals surface area contributed by atoms with Crippen LogP contribution in [0.1, 0.15) is 39.5 Å². The molecule has 18 heavy (non-hydrogen) atoms. The monoisotopic (exact) mass is 292 g/mol. The van der Waals surface area contributed by atoms with Gasteiger partial charge in [-0.2, -0.15) is 0 Å². The molecule has 0 aliphatic carbocycles. The molecule has 0 aliphatic rings. The summed E-state index contributed by atoms with van der Waals surface area (Å²) in [6, 6.07) is 0. The Morgan fingerprint density at radius 3 is 1.94 bits per heavy atom. The van der Waals surface area contributed by atoms with Crippen LogP contribution in [0.3, 0.4) is 0 Å². The minimum absolute atomic E-state index is 0.238. The van der Waals surface area contributed by atoms with E-state index in [1.165, 1.54) is 0 Å². The van der Waals surface area contributed by atoms with E-state index >= 15 is 0 Å². The molecule has 106 valence electrons. The molecule has 0 saturated carbocycles. The number of nitrogens with zero attached hydrogens (tertiary/aromatic N) is 1. The van der Waals surface area contributed by atoms with Gasteiger partial charge in [0.05, 0.1) is 0 Å². The molecular weight excluding hydrogens is 268 g/mol. The number of hydrogen-bond acceptors (Lipinski definition) is 4. The van der Waals surface area contributed by atoms with Crippen LogP contribution >= 0.6 is 21.6 Å². The summed E-state index contributed by atoms with van der Waals surface area (Å²) >= 11 is 0. The Kier molecular flexibility index (Phi) is 11.5. The predicted octanol–water partition coefficient (Wildman–Crippen LogP) is 2.28. The van der Waals surface area contributed by atoms with Crippen molar-refractivity contribution < 1.29 is 9.59 Å². The lowest BCUT2D eigenvalue weighted by Gasteiger charge is -2.21. The largest absolute Gasteiger partial charge is 0.370 e. The van der Waals surface area contributed by atoms with E-state index < -0.39 is 0 Å². The minimum atomic E-state index is -0.267. The number of carbonyl (C=O) groups excluding carboxylic acids is 2. The van der Waals surface area contributed by atoms with E-state index in [-0.39, 0.29) is 11.8 Å². The normalized spacial score (nSPS) is 10.3. The third kappa shape index (κ3) is 9.65. The highest BCUT2D eigenvalue weighted by Gasteiger charge is 2.10. The maximum absolute atomic E-state index is 11.9. The Balaban J connectivity index is 3.63.